The number of fused-ring (bicyclic) bond motifs is 5. The first-order valence-electron chi connectivity index (χ1n) is 12.7. The number of rotatable bonds is 4. The molecule has 0 aromatic rings. The molecule has 4 aliphatic rings. The Bertz CT molecular complexity index is 832. The van der Waals surface area contributed by atoms with Gasteiger partial charge < -0.3 is 10.2 Å². The normalized spacial score (nSPS) is 48.5. The van der Waals surface area contributed by atoms with Crippen molar-refractivity contribution in [2.45, 2.75) is 99.0 Å². The average molecular weight is 447 g/mol. The quantitative estimate of drug-likeness (QED) is 0.641. The highest BCUT2D eigenvalue weighted by molar-refractivity contribution is 5.94. The second kappa shape index (κ2) is 7.38. The van der Waals surface area contributed by atoms with E-state index < -0.39 is 12.1 Å². The van der Waals surface area contributed by atoms with Gasteiger partial charge in [0.1, 0.15) is 11.6 Å². The number of carboxylic acid groups (broad SMARTS) is 1. The first-order chi connectivity index (χ1) is 14.7. The number of aliphatic hydroxyl groups is 1. The molecule has 0 amide bonds. The van der Waals surface area contributed by atoms with Crippen molar-refractivity contribution in [2.75, 3.05) is 0 Å². The van der Waals surface area contributed by atoms with Gasteiger partial charge in [0.05, 0.1) is 6.10 Å². The second-order valence-electron chi connectivity index (χ2n) is 13.1. The van der Waals surface area contributed by atoms with Gasteiger partial charge in [-0.05, 0) is 71.5 Å². The Labute approximate surface area is 192 Å². The van der Waals surface area contributed by atoms with E-state index in [9.17, 15) is 19.5 Å². The summed E-state index contributed by atoms with van der Waals surface area (Å²) in [4.78, 5) is 38.9. The zero-order valence-electron chi connectivity index (χ0n) is 20.7. The zero-order chi connectivity index (χ0) is 23.9. The first-order valence-corrected chi connectivity index (χ1v) is 12.7. The van der Waals surface area contributed by atoms with Crippen molar-refractivity contribution >= 4 is 17.5 Å². The van der Waals surface area contributed by atoms with Crippen molar-refractivity contribution in [3.63, 3.8) is 0 Å². The van der Waals surface area contributed by atoms with Gasteiger partial charge in [-0.25, -0.2) is 0 Å². The third kappa shape index (κ3) is 3.02. The van der Waals surface area contributed by atoms with E-state index in [0.29, 0.717) is 25.7 Å². The van der Waals surface area contributed by atoms with Crippen LogP contribution in [0.3, 0.4) is 0 Å². The molecule has 32 heavy (non-hydrogen) atoms. The van der Waals surface area contributed by atoms with Gasteiger partial charge in [0, 0.05) is 31.1 Å². The van der Waals surface area contributed by atoms with E-state index in [1.165, 1.54) is 0 Å². The third-order valence-electron chi connectivity index (χ3n) is 11.5. The number of ketones is 2. The second-order valence-corrected chi connectivity index (χ2v) is 13.1. The summed E-state index contributed by atoms with van der Waals surface area (Å²) in [6.07, 6.45) is 4.66. The van der Waals surface area contributed by atoms with E-state index in [4.69, 9.17) is 5.11 Å². The number of carbonyl (C=O) groups excluding carboxylic acids is 2. The Balaban J connectivity index is 1.72. The standard InChI is InChI=1S/C27H42O5/c1-15(7-8-21(31)32)16-9-12-26(5)23-17(28)13-19-24(2,3)20(30)10-11-25(19,4)22(23)18(29)14-27(16,26)6/h15-16,19-20,22-23,30H,7-14H2,1-6H3,(H,31,32)/t15-,16+,19+,20-,22-,23+,25-,26-,27+/m0/s1. The van der Waals surface area contributed by atoms with Crippen LogP contribution >= 0.6 is 0 Å². The molecule has 2 N–H and O–H groups in total. The molecule has 0 aromatic heterocycles. The number of hydrogen-bond acceptors (Lipinski definition) is 4. The molecule has 0 aliphatic heterocycles. The fourth-order valence-corrected chi connectivity index (χ4v) is 9.38. The summed E-state index contributed by atoms with van der Waals surface area (Å²) in [6, 6.07) is 0. The molecule has 0 aromatic carbocycles. The molecular weight excluding hydrogens is 404 g/mol. The summed E-state index contributed by atoms with van der Waals surface area (Å²) in [7, 11) is 0. The lowest BCUT2D eigenvalue weighted by atomic mass is 9.37. The maximum absolute atomic E-state index is 13.9. The molecule has 5 heteroatoms. The van der Waals surface area contributed by atoms with Crippen LogP contribution in [-0.2, 0) is 14.4 Å². The Morgan fingerprint density at radius 2 is 1.66 bits per heavy atom. The summed E-state index contributed by atoms with van der Waals surface area (Å²) >= 11 is 0. The molecule has 0 spiro atoms. The number of aliphatic carboxylic acids is 1. The summed E-state index contributed by atoms with van der Waals surface area (Å²) in [6.45, 7) is 13.0. The highest BCUT2D eigenvalue weighted by Gasteiger charge is 2.72. The molecule has 4 saturated carbocycles. The van der Waals surface area contributed by atoms with E-state index in [1.54, 1.807) is 0 Å². The van der Waals surface area contributed by atoms with Gasteiger partial charge in [-0.3, -0.25) is 14.4 Å². The Morgan fingerprint density at radius 1 is 1.00 bits per heavy atom. The summed E-state index contributed by atoms with van der Waals surface area (Å²) in [5, 5.41) is 19.9. The Hall–Kier alpha value is -1.23. The molecule has 4 fully saturated rings. The monoisotopic (exact) mass is 446 g/mol. The van der Waals surface area contributed by atoms with Crippen LogP contribution in [0.1, 0.15) is 92.9 Å². The maximum atomic E-state index is 13.9. The van der Waals surface area contributed by atoms with Crippen LogP contribution in [-0.4, -0.2) is 33.9 Å². The van der Waals surface area contributed by atoms with Crippen molar-refractivity contribution in [1.29, 1.82) is 0 Å². The number of carboxylic acids is 1. The van der Waals surface area contributed by atoms with Crippen molar-refractivity contribution in [1.82, 2.24) is 0 Å². The minimum absolute atomic E-state index is 0.0242. The van der Waals surface area contributed by atoms with E-state index in [0.717, 1.165) is 19.3 Å². The van der Waals surface area contributed by atoms with Crippen molar-refractivity contribution in [2.24, 2.45) is 51.2 Å². The van der Waals surface area contributed by atoms with Crippen molar-refractivity contribution < 1.29 is 24.6 Å². The summed E-state index contributed by atoms with van der Waals surface area (Å²) in [5.74, 6) is -0.320. The van der Waals surface area contributed by atoms with Crippen LogP contribution in [0.5, 0.6) is 0 Å². The van der Waals surface area contributed by atoms with Gasteiger partial charge in [0.15, 0.2) is 0 Å². The predicted octanol–water partition coefficient (Wildman–Crippen LogP) is 4.89. The van der Waals surface area contributed by atoms with E-state index in [1.807, 2.05) is 0 Å². The largest absolute Gasteiger partial charge is 0.481 e. The highest BCUT2D eigenvalue weighted by atomic mass is 16.4. The van der Waals surface area contributed by atoms with E-state index in [2.05, 4.69) is 41.5 Å². The van der Waals surface area contributed by atoms with Gasteiger partial charge in [0.2, 0.25) is 0 Å². The molecule has 4 aliphatic carbocycles. The molecule has 4 rings (SSSR count). The molecule has 9 atom stereocenters. The molecule has 0 bridgehead atoms. The number of Topliss-reactive ketones (excluding diaryl/α,β-unsaturated/α-hetero) is 2. The topological polar surface area (TPSA) is 91.7 Å². The average Bonchev–Trinajstić information content (AvgIpc) is 2.96. The fourth-order valence-electron chi connectivity index (χ4n) is 9.38. The lowest BCUT2D eigenvalue weighted by molar-refractivity contribution is -0.200. The molecular formula is C27H42O5. The van der Waals surface area contributed by atoms with Gasteiger partial charge in [-0.1, -0.05) is 41.5 Å². The van der Waals surface area contributed by atoms with E-state index >= 15 is 0 Å². The lowest BCUT2D eigenvalue weighted by Crippen LogP contribution is -2.66. The SMILES string of the molecule is C[C@@H](CCC(=O)O)[C@H]1CC[C@@]2(C)[C@@H]3C(=O)C[C@@H]4C(C)(C)[C@@H](O)CC[C@]4(C)[C@H]3C(=O)C[C@]12C. The van der Waals surface area contributed by atoms with Gasteiger partial charge >= 0.3 is 5.97 Å². The Kier molecular flexibility index (Phi) is 5.52. The van der Waals surface area contributed by atoms with Crippen LogP contribution in [0.25, 0.3) is 0 Å². The van der Waals surface area contributed by atoms with Crippen molar-refractivity contribution in [3.05, 3.63) is 0 Å². The fraction of sp³-hybridized carbons (Fsp3) is 0.889. The van der Waals surface area contributed by atoms with Crippen LogP contribution in [0.2, 0.25) is 0 Å². The molecule has 0 radical (unpaired) electrons. The van der Waals surface area contributed by atoms with Gasteiger partial charge in [-0.2, -0.15) is 0 Å². The van der Waals surface area contributed by atoms with Crippen LogP contribution in [0.15, 0.2) is 0 Å². The lowest BCUT2D eigenvalue weighted by Gasteiger charge is -2.65. The van der Waals surface area contributed by atoms with E-state index in [-0.39, 0.29) is 69.2 Å². The van der Waals surface area contributed by atoms with Gasteiger partial charge in [-0.15, -0.1) is 0 Å². The molecule has 180 valence electrons. The molecule has 5 nitrogen and oxygen atoms in total. The van der Waals surface area contributed by atoms with Crippen LogP contribution in [0, 0.1) is 51.2 Å². The first kappa shape index (κ1) is 23.9. The zero-order valence-corrected chi connectivity index (χ0v) is 20.7. The maximum Gasteiger partial charge on any atom is 0.303 e. The number of hydrogen-bond donors (Lipinski definition) is 2. The van der Waals surface area contributed by atoms with Crippen LogP contribution in [0.4, 0.5) is 0 Å². The summed E-state index contributed by atoms with van der Waals surface area (Å²) < 4.78 is 0. The van der Waals surface area contributed by atoms with Gasteiger partial charge in [0.25, 0.3) is 0 Å². The minimum atomic E-state index is -0.772. The van der Waals surface area contributed by atoms with Crippen molar-refractivity contribution in [3.8, 4) is 0 Å². The molecule has 0 saturated heterocycles. The third-order valence-corrected chi connectivity index (χ3v) is 11.5. The Morgan fingerprint density at radius 3 is 2.28 bits per heavy atom. The smallest absolute Gasteiger partial charge is 0.303 e. The van der Waals surface area contributed by atoms with Crippen LogP contribution < -0.4 is 0 Å². The summed E-state index contributed by atoms with van der Waals surface area (Å²) in [5.41, 5.74) is -1.14. The minimum Gasteiger partial charge on any atom is -0.481 e. The number of carbonyl (C=O) groups is 3. The predicted molar refractivity (Wildman–Crippen MR) is 122 cm³/mol. The number of aliphatic hydroxyl groups excluding tert-OH is 1. The molecule has 0 unspecified atom stereocenters. The molecule has 0 heterocycles. The highest BCUT2D eigenvalue weighted by Crippen LogP contribution is 2.73.